The Kier molecular flexibility index (Phi) is 4.56. The van der Waals surface area contributed by atoms with Crippen LogP contribution in [0.15, 0.2) is 40.9 Å². The number of aryl methyl sites for hydroxylation is 1. The molecular weight excluding hydrogens is 311 g/mol. The minimum atomic E-state index is -0.249. The Balaban J connectivity index is 2.14. The Labute approximate surface area is 120 Å². The fourth-order valence-corrected chi connectivity index (χ4v) is 2.20. The monoisotopic (exact) mass is 324 g/mol. The van der Waals surface area contributed by atoms with Crippen molar-refractivity contribution in [1.82, 2.24) is 0 Å². The first kappa shape index (κ1) is 14.0. The maximum Gasteiger partial charge on any atom is 0.125 e. The molecule has 0 heterocycles. The molecule has 19 heavy (non-hydrogen) atoms. The molecule has 0 aliphatic carbocycles. The Bertz CT molecular complexity index is 584. The first-order valence-electron chi connectivity index (χ1n) is 5.87. The molecule has 2 nitrogen and oxygen atoms in total. The van der Waals surface area contributed by atoms with Crippen molar-refractivity contribution < 1.29 is 14.2 Å². The van der Waals surface area contributed by atoms with Crippen LogP contribution in [-0.2, 0) is 13.2 Å². The van der Waals surface area contributed by atoms with E-state index in [9.17, 15) is 9.50 Å². The highest BCUT2D eigenvalue weighted by Crippen LogP contribution is 2.24. The maximum atomic E-state index is 13.0. The third-order valence-electron chi connectivity index (χ3n) is 2.88. The molecule has 2 rings (SSSR count). The van der Waals surface area contributed by atoms with Crippen LogP contribution in [0.2, 0.25) is 0 Å². The van der Waals surface area contributed by atoms with Gasteiger partial charge in [-0.25, -0.2) is 4.39 Å². The van der Waals surface area contributed by atoms with Crippen molar-refractivity contribution in [3.05, 3.63) is 63.4 Å². The minimum absolute atomic E-state index is 0.0861. The first-order valence-corrected chi connectivity index (χ1v) is 6.66. The summed E-state index contributed by atoms with van der Waals surface area (Å²) in [7, 11) is 0. The molecule has 0 fully saturated rings. The highest BCUT2D eigenvalue weighted by molar-refractivity contribution is 9.10. The highest BCUT2D eigenvalue weighted by atomic mass is 79.9. The SMILES string of the molecule is Cc1cc(F)ccc1COc1ccc(Br)cc1CO. The Hall–Kier alpha value is -1.39. The van der Waals surface area contributed by atoms with Gasteiger partial charge in [-0.1, -0.05) is 22.0 Å². The van der Waals surface area contributed by atoms with Crippen molar-refractivity contribution in [2.24, 2.45) is 0 Å². The van der Waals surface area contributed by atoms with Crippen molar-refractivity contribution in [3.63, 3.8) is 0 Å². The molecule has 1 N–H and O–H groups in total. The summed E-state index contributed by atoms with van der Waals surface area (Å²) in [6, 6.07) is 10.1. The molecule has 4 heteroatoms. The fourth-order valence-electron chi connectivity index (χ4n) is 1.79. The van der Waals surface area contributed by atoms with E-state index in [0.717, 1.165) is 15.6 Å². The van der Waals surface area contributed by atoms with Gasteiger partial charge in [0.1, 0.15) is 18.2 Å². The molecule has 2 aromatic carbocycles. The van der Waals surface area contributed by atoms with Crippen molar-refractivity contribution in [1.29, 1.82) is 0 Å². The van der Waals surface area contributed by atoms with Gasteiger partial charge in [0.25, 0.3) is 0 Å². The van der Waals surface area contributed by atoms with Gasteiger partial charge in [-0.05, 0) is 48.4 Å². The van der Waals surface area contributed by atoms with Crippen molar-refractivity contribution in [2.75, 3.05) is 0 Å². The van der Waals surface area contributed by atoms with Crippen LogP contribution >= 0.6 is 15.9 Å². The van der Waals surface area contributed by atoms with Crippen LogP contribution in [-0.4, -0.2) is 5.11 Å². The van der Waals surface area contributed by atoms with E-state index in [-0.39, 0.29) is 12.4 Å². The van der Waals surface area contributed by atoms with Gasteiger partial charge in [0.15, 0.2) is 0 Å². The number of halogens is 2. The largest absolute Gasteiger partial charge is 0.489 e. The van der Waals surface area contributed by atoms with Gasteiger partial charge in [0.2, 0.25) is 0 Å². The fraction of sp³-hybridized carbons (Fsp3) is 0.200. The van der Waals surface area contributed by atoms with E-state index in [4.69, 9.17) is 4.74 Å². The van der Waals surface area contributed by atoms with Gasteiger partial charge in [0.05, 0.1) is 6.61 Å². The number of aliphatic hydroxyl groups excluding tert-OH is 1. The molecule has 0 saturated heterocycles. The van der Waals surface area contributed by atoms with E-state index in [2.05, 4.69) is 15.9 Å². The molecule has 0 aliphatic heterocycles. The summed E-state index contributed by atoms with van der Waals surface area (Å²) in [5.74, 6) is 0.385. The van der Waals surface area contributed by atoms with Crippen molar-refractivity contribution in [3.8, 4) is 5.75 Å². The Morgan fingerprint density at radius 3 is 2.63 bits per heavy atom. The van der Waals surface area contributed by atoms with Gasteiger partial charge >= 0.3 is 0 Å². The molecule has 0 amide bonds. The molecule has 0 radical (unpaired) electrons. The van der Waals surface area contributed by atoms with Gasteiger partial charge in [-0.3, -0.25) is 0 Å². The van der Waals surface area contributed by atoms with Crippen LogP contribution in [0.25, 0.3) is 0 Å². The molecule has 0 aromatic heterocycles. The predicted molar refractivity (Wildman–Crippen MR) is 75.5 cm³/mol. The van der Waals surface area contributed by atoms with E-state index >= 15 is 0 Å². The molecule has 0 saturated carbocycles. The zero-order chi connectivity index (χ0) is 13.8. The molecule has 0 atom stereocenters. The van der Waals surface area contributed by atoms with E-state index in [1.807, 2.05) is 19.1 Å². The van der Waals surface area contributed by atoms with Crippen molar-refractivity contribution in [2.45, 2.75) is 20.1 Å². The van der Waals surface area contributed by atoms with Gasteiger partial charge in [-0.2, -0.15) is 0 Å². The Morgan fingerprint density at radius 1 is 1.16 bits per heavy atom. The van der Waals surface area contributed by atoms with Crippen LogP contribution < -0.4 is 4.74 Å². The summed E-state index contributed by atoms with van der Waals surface area (Å²) >= 11 is 3.34. The van der Waals surface area contributed by atoms with Gasteiger partial charge in [-0.15, -0.1) is 0 Å². The smallest absolute Gasteiger partial charge is 0.125 e. The molecule has 0 aliphatic rings. The number of hydrogen-bond donors (Lipinski definition) is 1. The third kappa shape index (κ3) is 3.55. The number of ether oxygens (including phenoxy) is 1. The first-order chi connectivity index (χ1) is 9.10. The van der Waals surface area contributed by atoms with E-state index in [1.54, 1.807) is 12.1 Å². The molecular formula is C15H14BrFO2. The zero-order valence-electron chi connectivity index (χ0n) is 10.5. The van der Waals surface area contributed by atoms with Crippen LogP contribution in [0.5, 0.6) is 5.75 Å². The standard InChI is InChI=1S/C15H14BrFO2/c1-10-6-14(17)4-2-11(10)9-19-15-5-3-13(16)7-12(15)8-18/h2-7,18H,8-9H2,1H3. The van der Waals surface area contributed by atoms with E-state index in [0.29, 0.717) is 17.9 Å². The van der Waals surface area contributed by atoms with Crippen LogP contribution in [0.3, 0.4) is 0 Å². The molecule has 0 unspecified atom stereocenters. The lowest BCUT2D eigenvalue weighted by Crippen LogP contribution is -2.01. The quantitative estimate of drug-likeness (QED) is 0.922. The average Bonchev–Trinajstić information content (AvgIpc) is 2.39. The second kappa shape index (κ2) is 6.17. The number of hydrogen-bond acceptors (Lipinski definition) is 2. The molecule has 0 spiro atoms. The number of rotatable bonds is 4. The summed E-state index contributed by atoms with van der Waals surface area (Å²) in [5, 5.41) is 9.28. The topological polar surface area (TPSA) is 29.5 Å². The lowest BCUT2D eigenvalue weighted by molar-refractivity contribution is 0.258. The number of aliphatic hydroxyl groups is 1. The lowest BCUT2D eigenvalue weighted by Gasteiger charge is -2.12. The summed E-state index contributed by atoms with van der Waals surface area (Å²) in [4.78, 5) is 0. The highest BCUT2D eigenvalue weighted by Gasteiger charge is 2.06. The summed E-state index contributed by atoms with van der Waals surface area (Å²) in [5.41, 5.74) is 2.49. The van der Waals surface area contributed by atoms with Gasteiger partial charge in [0, 0.05) is 10.0 Å². The predicted octanol–water partition coefficient (Wildman–Crippen LogP) is 3.97. The lowest BCUT2D eigenvalue weighted by atomic mass is 10.1. The molecule has 2 aromatic rings. The van der Waals surface area contributed by atoms with Crippen LogP contribution in [0, 0.1) is 12.7 Å². The van der Waals surface area contributed by atoms with Crippen LogP contribution in [0.4, 0.5) is 4.39 Å². The number of benzene rings is 2. The van der Waals surface area contributed by atoms with Crippen LogP contribution in [0.1, 0.15) is 16.7 Å². The second-order valence-corrected chi connectivity index (χ2v) is 5.19. The minimum Gasteiger partial charge on any atom is -0.489 e. The summed E-state index contributed by atoms with van der Waals surface area (Å²) in [6.45, 7) is 2.11. The van der Waals surface area contributed by atoms with E-state index < -0.39 is 0 Å². The molecule has 0 bridgehead atoms. The van der Waals surface area contributed by atoms with Crippen molar-refractivity contribution >= 4 is 15.9 Å². The normalized spacial score (nSPS) is 10.5. The second-order valence-electron chi connectivity index (χ2n) is 4.27. The average molecular weight is 325 g/mol. The summed E-state index contributed by atoms with van der Waals surface area (Å²) in [6.07, 6.45) is 0. The Morgan fingerprint density at radius 2 is 1.95 bits per heavy atom. The maximum absolute atomic E-state index is 13.0. The summed E-state index contributed by atoms with van der Waals surface area (Å²) < 4.78 is 19.6. The molecule has 100 valence electrons. The zero-order valence-corrected chi connectivity index (χ0v) is 12.1. The van der Waals surface area contributed by atoms with Gasteiger partial charge < -0.3 is 9.84 Å². The third-order valence-corrected chi connectivity index (χ3v) is 3.37. The van der Waals surface area contributed by atoms with E-state index in [1.165, 1.54) is 12.1 Å².